The van der Waals surface area contributed by atoms with Crippen molar-refractivity contribution < 1.29 is 14.3 Å². The average Bonchev–Trinajstić information content (AvgIpc) is 3.32. The minimum Gasteiger partial charge on any atom is -0.466 e. The molecule has 0 amide bonds. The Morgan fingerprint density at radius 3 is 2.47 bits per heavy atom. The van der Waals surface area contributed by atoms with Gasteiger partial charge < -0.3 is 9.47 Å². The maximum atomic E-state index is 12.2. The molecule has 5 aliphatic carbocycles. The Morgan fingerprint density at radius 2 is 1.79 bits per heavy atom. The van der Waals surface area contributed by atoms with Crippen LogP contribution in [0.1, 0.15) is 92.9 Å². The number of hydrogen-bond acceptors (Lipinski definition) is 3. The lowest BCUT2D eigenvalue weighted by atomic mass is 9.45. The highest BCUT2D eigenvalue weighted by atomic mass is 16.5. The van der Waals surface area contributed by atoms with Crippen LogP contribution in [0.5, 0.6) is 0 Å². The predicted octanol–water partition coefficient (Wildman–Crippen LogP) is 7.30. The van der Waals surface area contributed by atoms with Gasteiger partial charge in [-0.15, -0.1) is 0 Å². The van der Waals surface area contributed by atoms with Crippen LogP contribution in [-0.4, -0.2) is 25.8 Å². The van der Waals surface area contributed by atoms with Crippen LogP contribution in [-0.2, 0) is 14.3 Å². The Kier molecular flexibility index (Phi) is 6.31. The Labute approximate surface area is 208 Å². The van der Waals surface area contributed by atoms with Crippen molar-refractivity contribution in [2.24, 2.45) is 63.6 Å². The number of methoxy groups -OCH3 is 1. The summed E-state index contributed by atoms with van der Waals surface area (Å²) in [5, 5.41) is 0. The van der Waals surface area contributed by atoms with Crippen molar-refractivity contribution >= 4 is 5.97 Å². The van der Waals surface area contributed by atoms with Gasteiger partial charge in [0.25, 0.3) is 0 Å². The van der Waals surface area contributed by atoms with Crippen molar-refractivity contribution in [1.82, 2.24) is 0 Å². The molecule has 3 nitrogen and oxygen atoms in total. The molecule has 0 aromatic heterocycles. The zero-order valence-electron chi connectivity index (χ0n) is 22.9. The number of carbonyl (C=O) groups is 1. The molecule has 12 atom stereocenters. The molecule has 1 spiro atoms. The molecule has 0 unspecified atom stereocenters. The zero-order valence-corrected chi connectivity index (χ0v) is 22.9. The third-order valence-corrected chi connectivity index (χ3v) is 12.7. The Balaban J connectivity index is 1.31. The summed E-state index contributed by atoms with van der Waals surface area (Å²) in [5.74, 6) is 4.96. The standard InChI is InChI=1S/C31H50O3/c1-8-34-28(32)21(4)19(2)9-10-20(3)24-11-12-25-23-17-27(33-7)31-18-22(31)13-16-30(31,6)26(23)14-15-29(24,25)5/h9-10,19-27H,8,11-18H2,1-7H3/b10-9+/t19-,20-,21-,22+,23+,24-,25+,26+,27-,29-,30-,31+/m1/s1. The Hall–Kier alpha value is -0.830. The molecule has 34 heavy (non-hydrogen) atoms. The molecule has 5 rings (SSSR count). The number of hydrogen-bond donors (Lipinski definition) is 0. The van der Waals surface area contributed by atoms with Crippen LogP contribution < -0.4 is 0 Å². The van der Waals surface area contributed by atoms with Gasteiger partial charge in [-0.05, 0) is 111 Å². The van der Waals surface area contributed by atoms with E-state index >= 15 is 0 Å². The van der Waals surface area contributed by atoms with Gasteiger partial charge >= 0.3 is 5.97 Å². The molecule has 192 valence electrons. The highest BCUT2D eigenvalue weighted by molar-refractivity contribution is 5.72. The second-order valence-corrected chi connectivity index (χ2v) is 13.6. The summed E-state index contributed by atoms with van der Waals surface area (Å²) in [6.45, 7) is 14.3. The number of allylic oxidation sites excluding steroid dienone is 2. The van der Waals surface area contributed by atoms with Crippen molar-refractivity contribution in [3.8, 4) is 0 Å². The van der Waals surface area contributed by atoms with Crippen LogP contribution in [0, 0.1) is 63.6 Å². The van der Waals surface area contributed by atoms with Gasteiger partial charge in [0.15, 0.2) is 0 Å². The molecule has 0 N–H and O–H groups in total. The first-order chi connectivity index (χ1) is 16.1. The third kappa shape index (κ3) is 3.34. The number of rotatable bonds is 7. The van der Waals surface area contributed by atoms with E-state index in [9.17, 15) is 4.79 Å². The normalized spacial score (nSPS) is 49.5. The van der Waals surface area contributed by atoms with Gasteiger partial charge in [-0.2, -0.15) is 0 Å². The molecule has 0 heterocycles. The van der Waals surface area contributed by atoms with E-state index in [2.05, 4.69) is 39.8 Å². The summed E-state index contributed by atoms with van der Waals surface area (Å²) in [7, 11) is 2.00. The lowest BCUT2D eigenvalue weighted by Gasteiger charge is -2.61. The van der Waals surface area contributed by atoms with E-state index in [1.807, 2.05) is 21.0 Å². The van der Waals surface area contributed by atoms with Gasteiger partial charge in [-0.3, -0.25) is 4.79 Å². The van der Waals surface area contributed by atoms with Crippen LogP contribution in [0.4, 0.5) is 0 Å². The van der Waals surface area contributed by atoms with E-state index in [-0.39, 0.29) is 17.8 Å². The SMILES string of the molecule is CCOC(=O)[C@H](C)[C@H](C)/C=C/[C@@H](C)[C@H]1CC[C@H]2[C@@H]3C[C@@H](OC)[C@]45C[C@@H]4CC[C@]5(C)[C@H]3CC[C@]12C. The van der Waals surface area contributed by atoms with Crippen LogP contribution in [0.2, 0.25) is 0 Å². The highest BCUT2D eigenvalue weighted by Crippen LogP contribution is 2.82. The van der Waals surface area contributed by atoms with Crippen LogP contribution in [0.15, 0.2) is 12.2 Å². The molecule has 0 aromatic rings. The van der Waals surface area contributed by atoms with Gasteiger partial charge in [0.2, 0.25) is 0 Å². The fourth-order valence-corrected chi connectivity index (χ4v) is 10.6. The topological polar surface area (TPSA) is 35.5 Å². The fourth-order valence-electron chi connectivity index (χ4n) is 10.6. The van der Waals surface area contributed by atoms with Gasteiger partial charge in [0.1, 0.15) is 0 Å². The summed E-state index contributed by atoms with van der Waals surface area (Å²) in [4.78, 5) is 12.2. The smallest absolute Gasteiger partial charge is 0.309 e. The second-order valence-electron chi connectivity index (χ2n) is 13.6. The van der Waals surface area contributed by atoms with E-state index in [1.165, 1.54) is 51.4 Å². The monoisotopic (exact) mass is 470 g/mol. The molecule has 5 aliphatic rings. The van der Waals surface area contributed by atoms with Gasteiger partial charge in [0, 0.05) is 12.5 Å². The molecule has 0 saturated heterocycles. The third-order valence-electron chi connectivity index (χ3n) is 12.7. The molecule has 3 heteroatoms. The summed E-state index contributed by atoms with van der Waals surface area (Å²) in [6.07, 6.45) is 16.5. The van der Waals surface area contributed by atoms with Gasteiger partial charge in [0.05, 0.1) is 18.6 Å². The largest absolute Gasteiger partial charge is 0.466 e. The first-order valence-corrected chi connectivity index (χ1v) is 14.5. The average molecular weight is 471 g/mol. The number of carbonyl (C=O) groups excluding carboxylic acids is 1. The lowest BCUT2D eigenvalue weighted by Crippen LogP contribution is -2.57. The van der Waals surface area contributed by atoms with Gasteiger partial charge in [-0.25, -0.2) is 0 Å². The van der Waals surface area contributed by atoms with E-state index < -0.39 is 0 Å². The van der Waals surface area contributed by atoms with E-state index in [1.54, 1.807) is 0 Å². The van der Waals surface area contributed by atoms with Crippen LogP contribution >= 0.6 is 0 Å². The summed E-state index contributed by atoms with van der Waals surface area (Å²) < 4.78 is 11.5. The molecule has 0 aromatic carbocycles. The second kappa shape index (κ2) is 8.63. The van der Waals surface area contributed by atoms with Crippen molar-refractivity contribution in [2.45, 2.75) is 99.0 Å². The summed E-state index contributed by atoms with van der Waals surface area (Å²) in [5.41, 5.74) is 1.49. The van der Waals surface area contributed by atoms with E-state index in [0.717, 1.165) is 29.6 Å². The molecule has 0 aliphatic heterocycles. The van der Waals surface area contributed by atoms with Crippen LogP contribution in [0.3, 0.4) is 0 Å². The quantitative estimate of drug-likeness (QED) is 0.289. The van der Waals surface area contributed by atoms with Gasteiger partial charge in [-0.1, -0.05) is 46.8 Å². The molecule has 0 bridgehead atoms. The fraction of sp³-hybridized carbons (Fsp3) is 0.903. The Bertz CT molecular complexity index is 819. The predicted molar refractivity (Wildman–Crippen MR) is 137 cm³/mol. The number of fused-ring (bicyclic) bond motifs is 4. The molecular formula is C31H50O3. The van der Waals surface area contributed by atoms with E-state index in [4.69, 9.17) is 9.47 Å². The first-order valence-electron chi connectivity index (χ1n) is 14.5. The van der Waals surface area contributed by atoms with Crippen molar-refractivity contribution in [2.75, 3.05) is 13.7 Å². The van der Waals surface area contributed by atoms with E-state index in [0.29, 0.717) is 34.9 Å². The number of ether oxygens (including phenoxy) is 2. The van der Waals surface area contributed by atoms with Crippen LogP contribution in [0.25, 0.3) is 0 Å². The molecule has 5 fully saturated rings. The summed E-state index contributed by atoms with van der Waals surface area (Å²) in [6, 6.07) is 0. The highest BCUT2D eigenvalue weighted by Gasteiger charge is 2.77. The number of esters is 1. The molecule has 0 radical (unpaired) electrons. The Morgan fingerprint density at radius 1 is 1.03 bits per heavy atom. The van der Waals surface area contributed by atoms with Crippen molar-refractivity contribution in [1.29, 1.82) is 0 Å². The molecular weight excluding hydrogens is 420 g/mol. The minimum atomic E-state index is -0.0790. The minimum absolute atomic E-state index is 0.0698. The van der Waals surface area contributed by atoms with Crippen molar-refractivity contribution in [3.63, 3.8) is 0 Å². The maximum Gasteiger partial charge on any atom is 0.309 e. The zero-order chi connectivity index (χ0) is 24.5. The summed E-state index contributed by atoms with van der Waals surface area (Å²) >= 11 is 0. The molecule has 5 saturated carbocycles. The first kappa shape index (κ1) is 24.8. The lowest BCUT2D eigenvalue weighted by molar-refractivity contribution is -0.160. The maximum absolute atomic E-state index is 12.2. The van der Waals surface area contributed by atoms with Crippen molar-refractivity contribution in [3.05, 3.63) is 12.2 Å².